The van der Waals surface area contributed by atoms with Crippen LogP contribution in [-0.2, 0) is 11.2 Å². The van der Waals surface area contributed by atoms with E-state index in [4.69, 9.17) is 11.6 Å². The summed E-state index contributed by atoms with van der Waals surface area (Å²) in [4.78, 5) is 15.6. The number of nitrogens with zero attached hydrogens (tertiary/aromatic N) is 1. The fourth-order valence-corrected chi connectivity index (χ4v) is 6.61. The number of benzene rings is 2. The van der Waals surface area contributed by atoms with Crippen LogP contribution < -0.4 is 5.32 Å². The molecule has 1 aliphatic carbocycles. The van der Waals surface area contributed by atoms with Gasteiger partial charge in [-0.3, -0.25) is 4.79 Å². The quantitative estimate of drug-likeness (QED) is 0.509. The zero-order chi connectivity index (χ0) is 20.7. The second-order valence-electron chi connectivity index (χ2n) is 8.74. The average Bonchev–Trinajstić information content (AvgIpc) is 3.32. The van der Waals surface area contributed by atoms with E-state index in [9.17, 15) is 4.79 Å². The number of carbonyl (C=O) groups is 1. The average molecular weight is 439 g/mol. The summed E-state index contributed by atoms with van der Waals surface area (Å²) < 4.78 is 1.30. The van der Waals surface area contributed by atoms with Gasteiger partial charge in [0.25, 0.3) is 0 Å². The lowest BCUT2D eigenvalue weighted by molar-refractivity contribution is -0.114. The van der Waals surface area contributed by atoms with Crippen molar-refractivity contribution in [3.8, 4) is 0 Å². The Balaban J connectivity index is 1.22. The molecule has 0 spiro atoms. The predicted octanol–water partition coefficient (Wildman–Crippen LogP) is 6.42. The van der Waals surface area contributed by atoms with Crippen LogP contribution in [0.3, 0.4) is 0 Å². The molecule has 0 saturated carbocycles. The summed E-state index contributed by atoms with van der Waals surface area (Å²) in [7, 11) is 0. The summed E-state index contributed by atoms with van der Waals surface area (Å²) in [6.45, 7) is 5.03. The van der Waals surface area contributed by atoms with Crippen LogP contribution in [0.2, 0.25) is 5.02 Å². The lowest BCUT2D eigenvalue weighted by atomic mass is 9.93. The highest BCUT2D eigenvalue weighted by Crippen LogP contribution is 2.39. The van der Waals surface area contributed by atoms with E-state index in [1.807, 2.05) is 23.5 Å². The van der Waals surface area contributed by atoms with Crippen molar-refractivity contribution in [3.63, 3.8) is 0 Å². The fourth-order valence-electron chi connectivity index (χ4n) is 5.10. The largest absolute Gasteiger partial charge is 0.326 e. The number of thiophene rings is 1. The Morgan fingerprint density at radius 2 is 1.97 bits per heavy atom. The van der Waals surface area contributed by atoms with Crippen molar-refractivity contribution < 1.29 is 4.79 Å². The number of hydrogen-bond acceptors (Lipinski definition) is 3. The summed E-state index contributed by atoms with van der Waals surface area (Å²) in [5.41, 5.74) is 3.81. The van der Waals surface area contributed by atoms with E-state index in [2.05, 4.69) is 40.5 Å². The molecule has 1 atom stereocenters. The van der Waals surface area contributed by atoms with Gasteiger partial charge in [0, 0.05) is 33.8 Å². The Morgan fingerprint density at radius 1 is 1.13 bits per heavy atom. The summed E-state index contributed by atoms with van der Waals surface area (Å²) in [5.74, 6) is 1.24. The first-order valence-corrected chi connectivity index (χ1v) is 12.1. The Bertz CT molecular complexity index is 1080. The molecule has 0 bridgehead atoms. The number of amides is 1. The first-order valence-electron chi connectivity index (χ1n) is 10.9. The van der Waals surface area contributed by atoms with Crippen LogP contribution in [0.25, 0.3) is 10.1 Å². The standard InChI is InChI=1S/C25H27ClN2OS/c1-16(29)27-22-7-5-17-2-3-20(23(17)14-22)15-28-10-8-18(9-11-28)24-12-19-4-6-21(26)13-25(19)30-24/h4-7,12-14,18,20H,2-3,8-11,15H2,1H3,(H,27,29). The predicted molar refractivity (Wildman–Crippen MR) is 127 cm³/mol. The van der Waals surface area contributed by atoms with E-state index in [0.717, 1.165) is 36.8 Å². The van der Waals surface area contributed by atoms with Gasteiger partial charge in [-0.15, -0.1) is 11.3 Å². The van der Waals surface area contributed by atoms with Gasteiger partial charge in [0.1, 0.15) is 0 Å². The second kappa shape index (κ2) is 8.33. The van der Waals surface area contributed by atoms with Crippen LogP contribution in [0, 0.1) is 0 Å². The number of likely N-dealkylation sites (tertiary alicyclic amines) is 1. The van der Waals surface area contributed by atoms with Crippen LogP contribution in [0.1, 0.15) is 54.0 Å². The first kappa shape index (κ1) is 20.0. The highest BCUT2D eigenvalue weighted by Gasteiger charge is 2.28. The van der Waals surface area contributed by atoms with E-state index >= 15 is 0 Å². The number of halogens is 1. The molecule has 3 aromatic rings. The molecule has 3 nitrogen and oxygen atoms in total. The van der Waals surface area contributed by atoms with Crippen molar-refractivity contribution in [3.05, 3.63) is 63.5 Å². The normalized spacial score (nSPS) is 19.9. The molecule has 5 heteroatoms. The van der Waals surface area contributed by atoms with Crippen LogP contribution >= 0.6 is 22.9 Å². The molecule has 1 fully saturated rings. The minimum Gasteiger partial charge on any atom is -0.326 e. The van der Waals surface area contributed by atoms with Gasteiger partial charge in [-0.1, -0.05) is 23.7 Å². The molecule has 30 heavy (non-hydrogen) atoms. The molecule has 1 saturated heterocycles. The Labute approximate surface area is 187 Å². The van der Waals surface area contributed by atoms with Crippen LogP contribution in [0.15, 0.2) is 42.5 Å². The maximum Gasteiger partial charge on any atom is 0.221 e. The van der Waals surface area contributed by atoms with E-state index in [-0.39, 0.29) is 5.91 Å². The van der Waals surface area contributed by atoms with Gasteiger partial charge in [-0.2, -0.15) is 0 Å². The fraction of sp³-hybridized carbons (Fsp3) is 0.400. The molecule has 5 rings (SSSR count). The van der Waals surface area contributed by atoms with Gasteiger partial charge >= 0.3 is 0 Å². The third-order valence-corrected chi connectivity index (χ3v) is 8.13. The van der Waals surface area contributed by atoms with Gasteiger partial charge in [0.05, 0.1) is 0 Å². The first-order chi connectivity index (χ1) is 14.5. The minimum atomic E-state index is -0.00456. The van der Waals surface area contributed by atoms with Crippen LogP contribution in [0.4, 0.5) is 5.69 Å². The Hall–Kier alpha value is -1.88. The Morgan fingerprint density at radius 3 is 2.77 bits per heavy atom. The molecule has 2 aliphatic rings. The smallest absolute Gasteiger partial charge is 0.221 e. The lowest BCUT2D eigenvalue weighted by Gasteiger charge is -2.33. The maximum absolute atomic E-state index is 11.4. The van der Waals surface area contributed by atoms with Crippen molar-refractivity contribution in [1.82, 2.24) is 4.90 Å². The molecule has 1 aromatic heterocycles. The van der Waals surface area contributed by atoms with E-state index in [1.54, 1.807) is 6.92 Å². The van der Waals surface area contributed by atoms with Crippen molar-refractivity contribution in [2.75, 3.05) is 25.0 Å². The number of piperidine rings is 1. The summed E-state index contributed by atoms with van der Waals surface area (Å²) in [6, 6.07) is 15.0. The molecule has 156 valence electrons. The number of rotatable bonds is 4. The van der Waals surface area contributed by atoms with Crippen molar-refractivity contribution >= 4 is 44.6 Å². The van der Waals surface area contributed by atoms with Gasteiger partial charge < -0.3 is 10.2 Å². The monoisotopic (exact) mass is 438 g/mol. The zero-order valence-corrected chi connectivity index (χ0v) is 18.9. The van der Waals surface area contributed by atoms with Crippen LogP contribution in [-0.4, -0.2) is 30.4 Å². The highest BCUT2D eigenvalue weighted by atomic mass is 35.5. The molecule has 2 aromatic carbocycles. The zero-order valence-electron chi connectivity index (χ0n) is 17.3. The van der Waals surface area contributed by atoms with E-state index in [1.165, 1.54) is 45.4 Å². The summed E-state index contributed by atoms with van der Waals surface area (Å²) in [5, 5.41) is 5.08. The topological polar surface area (TPSA) is 32.3 Å². The van der Waals surface area contributed by atoms with Crippen molar-refractivity contribution in [2.24, 2.45) is 0 Å². The number of anilines is 1. The van der Waals surface area contributed by atoms with Crippen LogP contribution in [0.5, 0.6) is 0 Å². The number of nitrogens with one attached hydrogen (secondary N) is 1. The number of fused-ring (bicyclic) bond motifs is 2. The molecule has 1 unspecified atom stereocenters. The van der Waals surface area contributed by atoms with E-state index < -0.39 is 0 Å². The van der Waals surface area contributed by atoms with Gasteiger partial charge in [-0.25, -0.2) is 0 Å². The van der Waals surface area contributed by atoms with Crippen molar-refractivity contribution in [2.45, 2.75) is 44.4 Å². The molecular weight excluding hydrogens is 412 g/mol. The molecule has 1 N–H and O–H groups in total. The number of aryl methyl sites for hydroxylation is 1. The van der Waals surface area contributed by atoms with Gasteiger partial charge in [0.15, 0.2) is 0 Å². The van der Waals surface area contributed by atoms with Gasteiger partial charge in [-0.05, 0) is 97.5 Å². The summed E-state index contributed by atoms with van der Waals surface area (Å²) >= 11 is 8.08. The molecular formula is C25H27ClN2OS. The molecule has 2 heterocycles. The van der Waals surface area contributed by atoms with E-state index in [0.29, 0.717) is 11.8 Å². The number of hydrogen-bond donors (Lipinski definition) is 1. The maximum atomic E-state index is 11.4. The molecule has 1 amide bonds. The third-order valence-electron chi connectivity index (χ3n) is 6.64. The van der Waals surface area contributed by atoms with Crippen molar-refractivity contribution in [1.29, 1.82) is 0 Å². The highest BCUT2D eigenvalue weighted by molar-refractivity contribution is 7.19. The van der Waals surface area contributed by atoms with Gasteiger partial charge in [0.2, 0.25) is 5.91 Å². The second-order valence-corrected chi connectivity index (χ2v) is 10.3. The molecule has 1 aliphatic heterocycles. The summed E-state index contributed by atoms with van der Waals surface area (Å²) in [6.07, 6.45) is 4.83. The number of carbonyl (C=O) groups excluding carboxylic acids is 1. The SMILES string of the molecule is CC(=O)Nc1ccc2c(c1)C(CN1CCC(c3cc4ccc(Cl)cc4s3)CC1)CC2. The third kappa shape index (κ3) is 4.14. The molecule has 0 radical (unpaired) electrons. The minimum absolute atomic E-state index is 0.00456. The Kier molecular flexibility index (Phi) is 5.57. The lowest BCUT2D eigenvalue weighted by Crippen LogP contribution is -2.35.